The van der Waals surface area contributed by atoms with Gasteiger partial charge in [0, 0.05) is 11.8 Å². The number of ether oxygens (including phenoxy) is 1. The number of hydrogen-bond donors (Lipinski definition) is 4. The van der Waals surface area contributed by atoms with Gasteiger partial charge in [0.25, 0.3) is 0 Å². The molecule has 1 fully saturated rings. The smallest absolute Gasteiger partial charge is 0.394 e. The molecule has 2 rings (SSSR count). The summed E-state index contributed by atoms with van der Waals surface area (Å²) in [6, 6.07) is 0.417. The summed E-state index contributed by atoms with van der Waals surface area (Å²) < 4.78 is 43.1. The Hall–Kier alpha value is -1.49. The van der Waals surface area contributed by atoms with Gasteiger partial charge in [-0.1, -0.05) is 0 Å². The third-order valence-electron chi connectivity index (χ3n) is 3.25. The summed E-state index contributed by atoms with van der Waals surface area (Å²) in [5.41, 5.74) is 0.102. The van der Waals surface area contributed by atoms with Gasteiger partial charge in [-0.15, -0.1) is 0 Å². The normalized spacial score (nSPS) is 29.4. The van der Waals surface area contributed by atoms with Crippen LogP contribution >= 0.6 is 0 Å². The van der Waals surface area contributed by atoms with Crippen molar-refractivity contribution in [3.05, 3.63) is 17.6 Å². The molecule has 22 heavy (non-hydrogen) atoms. The molecule has 0 unspecified atom stereocenters. The first-order valence-corrected chi connectivity index (χ1v) is 6.50. The molecule has 1 saturated heterocycles. The Morgan fingerprint density at radius 1 is 1.32 bits per heavy atom. The Morgan fingerprint density at radius 2 is 2.00 bits per heavy atom. The summed E-state index contributed by atoms with van der Waals surface area (Å²) in [5, 5.41) is 31.2. The van der Waals surface area contributed by atoms with Crippen molar-refractivity contribution in [2.75, 3.05) is 18.5 Å². The van der Waals surface area contributed by atoms with Gasteiger partial charge in [0.05, 0.1) is 19.3 Å². The first-order valence-electron chi connectivity index (χ1n) is 6.50. The Kier molecular flexibility index (Phi) is 4.85. The second-order valence-corrected chi connectivity index (χ2v) is 5.00. The van der Waals surface area contributed by atoms with Crippen LogP contribution in [0.25, 0.3) is 0 Å². The fourth-order valence-corrected chi connectivity index (χ4v) is 2.13. The molecule has 10 heteroatoms. The van der Waals surface area contributed by atoms with E-state index in [-0.39, 0.29) is 18.1 Å². The van der Waals surface area contributed by atoms with Crippen LogP contribution in [0, 0.1) is 6.92 Å². The summed E-state index contributed by atoms with van der Waals surface area (Å²) >= 11 is 0. The lowest BCUT2D eigenvalue weighted by molar-refractivity contribution is -0.152. The average molecular weight is 323 g/mol. The second-order valence-electron chi connectivity index (χ2n) is 5.00. The number of hydrogen-bond acceptors (Lipinski definition) is 7. The van der Waals surface area contributed by atoms with Gasteiger partial charge in [-0.05, 0) is 6.92 Å². The molecule has 0 spiro atoms. The Morgan fingerprint density at radius 3 is 2.59 bits per heavy atom. The van der Waals surface area contributed by atoms with E-state index in [9.17, 15) is 23.4 Å². The largest absolute Gasteiger partial charge is 0.451 e. The van der Waals surface area contributed by atoms with E-state index in [0.29, 0.717) is 0 Å². The van der Waals surface area contributed by atoms with Gasteiger partial charge in [0.2, 0.25) is 5.82 Å². The zero-order valence-corrected chi connectivity index (χ0v) is 11.6. The van der Waals surface area contributed by atoms with Crippen molar-refractivity contribution in [1.29, 1.82) is 0 Å². The summed E-state index contributed by atoms with van der Waals surface area (Å²) in [4.78, 5) is 6.66. The summed E-state index contributed by atoms with van der Waals surface area (Å²) in [5.74, 6) is -1.43. The van der Waals surface area contributed by atoms with Crippen LogP contribution in [0.4, 0.5) is 19.0 Å². The Balaban J connectivity index is 2.16. The first-order chi connectivity index (χ1) is 10.2. The van der Waals surface area contributed by atoms with Crippen LogP contribution in [0.2, 0.25) is 0 Å². The SMILES string of the molecule is Cc1cc(N[C@H]2CO[C@H](CO)[C@H](O)[C@@H]2O)nc(C(F)(F)F)n1. The summed E-state index contributed by atoms with van der Waals surface area (Å²) in [6.07, 6.45) is -8.31. The van der Waals surface area contributed by atoms with Crippen molar-refractivity contribution in [2.45, 2.75) is 37.5 Å². The van der Waals surface area contributed by atoms with E-state index in [2.05, 4.69) is 15.3 Å². The van der Waals surface area contributed by atoms with Crippen molar-refractivity contribution in [3.8, 4) is 0 Å². The highest BCUT2D eigenvalue weighted by Crippen LogP contribution is 2.27. The van der Waals surface area contributed by atoms with Gasteiger partial charge >= 0.3 is 6.18 Å². The predicted octanol–water partition coefficient (Wildman–Crippen LogP) is -0.303. The molecule has 7 nitrogen and oxygen atoms in total. The molecule has 0 amide bonds. The maximum absolute atomic E-state index is 12.7. The van der Waals surface area contributed by atoms with Crippen molar-refractivity contribution in [3.63, 3.8) is 0 Å². The predicted molar refractivity (Wildman–Crippen MR) is 68.0 cm³/mol. The quantitative estimate of drug-likeness (QED) is 0.605. The topological polar surface area (TPSA) is 108 Å². The standard InChI is InChI=1S/C12H16F3N3O4/c1-5-2-8(18-11(16-5)12(13,14)15)17-6-4-22-7(3-19)10(21)9(6)20/h2,6-7,9-10,19-21H,3-4H2,1H3,(H,16,17,18)/t6-,7+,9+,10-/m0/s1. The highest BCUT2D eigenvalue weighted by Gasteiger charge is 2.39. The van der Waals surface area contributed by atoms with E-state index >= 15 is 0 Å². The maximum atomic E-state index is 12.7. The van der Waals surface area contributed by atoms with Crippen molar-refractivity contribution in [1.82, 2.24) is 9.97 Å². The minimum atomic E-state index is -4.69. The molecular weight excluding hydrogens is 307 g/mol. The lowest BCUT2D eigenvalue weighted by atomic mass is 9.98. The molecular formula is C12H16F3N3O4. The summed E-state index contributed by atoms with van der Waals surface area (Å²) in [6.45, 7) is 0.802. The van der Waals surface area contributed by atoms with Gasteiger partial charge in [-0.25, -0.2) is 9.97 Å². The van der Waals surface area contributed by atoms with E-state index in [1.165, 1.54) is 13.0 Å². The van der Waals surface area contributed by atoms with E-state index in [1.807, 2.05) is 0 Å². The molecule has 1 aliphatic heterocycles. The zero-order chi connectivity index (χ0) is 16.5. The van der Waals surface area contributed by atoms with Gasteiger partial charge in [0.1, 0.15) is 24.1 Å². The van der Waals surface area contributed by atoms with Gasteiger partial charge in [-0.3, -0.25) is 0 Å². The van der Waals surface area contributed by atoms with Crippen LogP contribution in [0.5, 0.6) is 0 Å². The highest BCUT2D eigenvalue weighted by molar-refractivity contribution is 5.38. The second kappa shape index (κ2) is 6.32. The minimum absolute atomic E-state index is 0.102. The molecule has 1 aliphatic rings. The molecule has 0 aromatic carbocycles. The number of halogens is 3. The third kappa shape index (κ3) is 3.64. The number of aromatic nitrogens is 2. The molecule has 0 bridgehead atoms. The van der Waals surface area contributed by atoms with Crippen molar-refractivity contribution >= 4 is 5.82 Å². The molecule has 1 aromatic rings. The van der Waals surface area contributed by atoms with Crippen molar-refractivity contribution in [2.24, 2.45) is 0 Å². The molecule has 0 aliphatic carbocycles. The lowest BCUT2D eigenvalue weighted by Gasteiger charge is -2.37. The van der Waals surface area contributed by atoms with Gasteiger partial charge < -0.3 is 25.4 Å². The number of aliphatic hydroxyl groups is 3. The number of nitrogens with one attached hydrogen (secondary N) is 1. The first kappa shape index (κ1) is 16.9. The summed E-state index contributed by atoms with van der Waals surface area (Å²) in [7, 11) is 0. The van der Waals surface area contributed by atoms with Gasteiger partial charge in [0.15, 0.2) is 0 Å². The number of aliphatic hydroxyl groups excluding tert-OH is 3. The Bertz CT molecular complexity index is 529. The number of anilines is 1. The highest BCUT2D eigenvalue weighted by atomic mass is 19.4. The molecule has 1 aromatic heterocycles. The molecule has 4 N–H and O–H groups in total. The number of aryl methyl sites for hydroxylation is 1. The van der Waals surface area contributed by atoms with Crippen molar-refractivity contribution < 1.29 is 33.2 Å². The fourth-order valence-electron chi connectivity index (χ4n) is 2.13. The average Bonchev–Trinajstić information content (AvgIpc) is 2.43. The van der Waals surface area contributed by atoms with Crippen LogP contribution in [0.1, 0.15) is 11.5 Å². The van der Waals surface area contributed by atoms with E-state index < -0.39 is 43.0 Å². The minimum Gasteiger partial charge on any atom is -0.394 e. The van der Waals surface area contributed by atoms with Crippen LogP contribution in [0.3, 0.4) is 0 Å². The fraction of sp³-hybridized carbons (Fsp3) is 0.667. The molecule has 0 radical (unpaired) electrons. The number of nitrogens with zero attached hydrogens (tertiary/aromatic N) is 2. The van der Waals surface area contributed by atoms with E-state index in [4.69, 9.17) is 9.84 Å². The lowest BCUT2D eigenvalue weighted by Crippen LogP contribution is -2.56. The molecule has 2 heterocycles. The number of rotatable bonds is 3. The monoisotopic (exact) mass is 323 g/mol. The van der Waals surface area contributed by atoms with Gasteiger partial charge in [-0.2, -0.15) is 13.2 Å². The zero-order valence-electron chi connectivity index (χ0n) is 11.6. The van der Waals surface area contributed by atoms with Crippen LogP contribution < -0.4 is 5.32 Å². The van der Waals surface area contributed by atoms with Crippen LogP contribution in [-0.4, -0.2) is 62.9 Å². The van der Waals surface area contributed by atoms with E-state index in [1.54, 1.807) is 0 Å². The number of alkyl halides is 3. The molecule has 4 atom stereocenters. The third-order valence-corrected chi connectivity index (χ3v) is 3.25. The molecule has 0 saturated carbocycles. The van der Waals surface area contributed by atoms with Crippen LogP contribution in [0.15, 0.2) is 6.07 Å². The van der Waals surface area contributed by atoms with Crippen LogP contribution in [-0.2, 0) is 10.9 Å². The molecule has 124 valence electrons. The maximum Gasteiger partial charge on any atom is 0.451 e. The Labute approximate surface area is 123 Å². The van der Waals surface area contributed by atoms with E-state index in [0.717, 1.165) is 0 Å².